The predicted molar refractivity (Wildman–Crippen MR) is 94.4 cm³/mol. The molecule has 2 aromatic carbocycles. The van der Waals surface area contributed by atoms with Gasteiger partial charge in [0.25, 0.3) is 5.91 Å². The van der Waals surface area contributed by atoms with Crippen molar-refractivity contribution in [3.8, 4) is 11.8 Å². The van der Waals surface area contributed by atoms with Crippen LogP contribution >= 0.6 is 0 Å². The number of hydrogen-bond donors (Lipinski definition) is 3. The number of phenolic OH excluding ortho intramolecular Hbond substituents is 1. The minimum Gasteiger partial charge on any atom is -0.506 e. The SMILES string of the molecule is CC(=O)N(/C=C(/C#N)C(=O)Nc1ccccc1O)c1cccc(N)c1. The summed E-state index contributed by atoms with van der Waals surface area (Å²) < 4.78 is 0. The number of hydrogen-bond acceptors (Lipinski definition) is 5. The Bertz CT molecular complexity index is 884. The van der Waals surface area contributed by atoms with Gasteiger partial charge >= 0.3 is 0 Å². The van der Waals surface area contributed by atoms with Crippen LogP contribution in [0.1, 0.15) is 6.92 Å². The number of nitrogens with one attached hydrogen (secondary N) is 1. The molecule has 0 aliphatic carbocycles. The Labute approximate surface area is 144 Å². The lowest BCUT2D eigenvalue weighted by Gasteiger charge is -2.17. The Hall–Kier alpha value is -3.79. The van der Waals surface area contributed by atoms with Crippen molar-refractivity contribution in [1.29, 1.82) is 5.26 Å². The second kappa shape index (κ2) is 7.66. The molecule has 2 amide bonds. The van der Waals surface area contributed by atoms with E-state index in [9.17, 15) is 20.0 Å². The van der Waals surface area contributed by atoms with Gasteiger partial charge in [-0.15, -0.1) is 0 Å². The molecular weight excluding hydrogens is 320 g/mol. The van der Waals surface area contributed by atoms with Crippen LogP contribution in [0.15, 0.2) is 60.3 Å². The van der Waals surface area contributed by atoms with E-state index < -0.39 is 11.8 Å². The van der Waals surface area contributed by atoms with Crippen LogP contribution in [0.5, 0.6) is 5.75 Å². The number of nitrogens with two attached hydrogens (primary N) is 1. The number of benzene rings is 2. The van der Waals surface area contributed by atoms with Gasteiger partial charge in [-0.2, -0.15) is 5.26 Å². The first-order valence-corrected chi connectivity index (χ1v) is 7.29. The Balaban J connectivity index is 2.33. The van der Waals surface area contributed by atoms with Crippen LogP contribution in [0.3, 0.4) is 0 Å². The number of aromatic hydroxyl groups is 1. The van der Waals surface area contributed by atoms with Crippen LogP contribution in [0.2, 0.25) is 0 Å². The summed E-state index contributed by atoms with van der Waals surface area (Å²) in [6, 6.07) is 14.4. The maximum absolute atomic E-state index is 12.3. The highest BCUT2D eigenvalue weighted by molar-refractivity contribution is 6.08. The Kier molecular flexibility index (Phi) is 5.38. The molecule has 25 heavy (non-hydrogen) atoms. The fourth-order valence-corrected chi connectivity index (χ4v) is 2.06. The Morgan fingerprint density at radius 1 is 1.24 bits per heavy atom. The molecule has 2 rings (SSSR count). The summed E-state index contributed by atoms with van der Waals surface area (Å²) in [7, 11) is 0. The molecule has 0 radical (unpaired) electrons. The molecule has 0 aliphatic rings. The Morgan fingerprint density at radius 3 is 2.56 bits per heavy atom. The minimum absolute atomic E-state index is 0.132. The quantitative estimate of drug-likeness (QED) is 0.343. The number of rotatable bonds is 4. The normalized spacial score (nSPS) is 10.6. The van der Waals surface area contributed by atoms with Gasteiger partial charge in [0.05, 0.1) is 11.4 Å². The van der Waals surface area contributed by atoms with E-state index in [0.29, 0.717) is 11.4 Å². The van der Waals surface area contributed by atoms with Gasteiger partial charge in [0.15, 0.2) is 0 Å². The zero-order chi connectivity index (χ0) is 18.4. The summed E-state index contributed by atoms with van der Waals surface area (Å²) in [4.78, 5) is 25.3. The first-order chi connectivity index (χ1) is 11.9. The van der Waals surface area contributed by atoms with Crippen molar-refractivity contribution in [2.24, 2.45) is 0 Å². The number of amides is 2. The molecule has 0 aliphatic heterocycles. The number of carbonyl (C=O) groups excluding carboxylic acids is 2. The summed E-state index contributed by atoms with van der Waals surface area (Å²) in [6.45, 7) is 1.30. The van der Waals surface area contributed by atoms with E-state index in [1.807, 2.05) is 0 Å². The van der Waals surface area contributed by atoms with Crippen molar-refractivity contribution in [3.63, 3.8) is 0 Å². The van der Waals surface area contributed by atoms with Gasteiger partial charge in [-0.1, -0.05) is 18.2 Å². The molecule has 0 spiro atoms. The lowest BCUT2D eigenvalue weighted by molar-refractivity contribution is -0.116. The van der Waals surface area contributed by atoms with E-state index in [1.54, 1.807) is 42.5 Å². The van der Waals surface area contributed by atoms with Gasteiger partial charge < -0.3 is 16.2 Å². The number of para-hydroxylation sites is 2. The molecule has 0 saturated carbocycles. The summed E-state index contributed by atoms with van der Waals surface area (Å²) >= 11 is 0. The van der Waals surface area contributed by atoms with Gasteiger partial charge in [0.1, 0.15) is 17.4 Å². The molecule has 126 valence electrons. The van der Waals surface area contributed by atoms with Crippen LogP contribution in [0, 0.1) is 11.3 Å². The third-order valence-corrected chi connectivity index (χ3v) is 3.26. The molecule has 7 nitrogen and oxygen atoms in total. The highest BCUT2D eigenvalue weighted by Crippen LogP contribution is 2.23. The molecule has 7 heteroatoms. The summed E-state index contributed by atoms with van der Waals surface area (Å²) in [5, 5.41) is 21.4. The number of nitriles is 1. The molecule has 0 bridgehead atoms. The fourth-order valence-electron chi connectivity index (χ4n) is 2.06. The van der Waals surface area contributed by atoms with E-state index in [4.69, 9.17) is 5.73 Å². The first kappa shape index (κ1) is 17.6. The van der Waals surface area contributed by atoms with Gasteiger partial charge in [-0.05, 0) is 30.3 Å². The third-order valence-electron chi connectivity index (χ3n) is 3.26. The largest absolute Gasteiger partial charge is 0.506 e. The molecule has 2 aromatic rings. The number of carbonyl (C=O) groups is 2. The standard InChI is InChI=1S/C18H16N4O3/c1-12(23)22(15-6-4-5-14(20)9-15)11-13(10-19)18(25)21-16-7-2-3-8-17(16)24/h2-9,11,24H,20H2,1H3,(H,21,25)/b13-11-. The summed E-state index contributed by atoms with van der Waals surface area (Å²) in [5.41, 5.74) is 6.43. The van der Waals surface area contributed by atoms with Gasteiger partial charge in [-0.3, -0.25) is 14.5 Å². The Morgan fingerprint density at radius 2 is 1.96 bits per heavy atom. The topological polar surface area (TPSA) is 119 Å². The fraction of sp³-hybridized carbons (Fsp3) is 0.0556. The van der Waals surface area contributed by atoms with Crippen LogP contribution in [-0.4, -0.2) is 16.9 Å². The highest BCUT2D eigenvalue weighted by atomic mass is 16.3. The van der Waals surface area contributed by atoms with Crippen molar-refractivity contribution in [3.05, 3.63) is 60.3 Å². The first-order valence-electron chi connectivity index (χ1n) is 7.29. The second-order valence-electron chi connectivity index (χ2n) is 5.11. The molecule has 0 saturated heterocycles. The minimum atomic E-state index is -0.751. The zero-order valence-corrected chi connectivity index (χ0v) is 13.4. The van der Waals surface area contributed by atoms with E-state index in [2.05, 4.69) is 5.32 Å². The van der Waals surface area contributed by atoms with Crippen molar-refractivity contribution >= 4 is 28.9 Å². The average molecular weight is 336 g/mol. The van der Waals surface area contributed by atoms with Gasteiger partial charge in [0, 0.05) is 18.8 Å². The van der Waals surface area contributed by atoms with E-state index >= 15 is 0 Å². The molecule has 0 heterocycles. The molecule has 4 N–H and O–H groups in total. The molecule has 0 aromatic heterocycles. The monoisotopic (exact) mass is 336 g/mol. The van der Waals surface area contributed by atoms with Crippen LogP contribution in [0.4, 0.5) is 17.1 Å². The predicted octanol–water partition coefficient (Wildman–Crippen LogP) is 2.37. The lowest BCUT2D eigenvalue weighted by Crippen LogP contribution is -2.25. The van der Waals surface area contributed by atoms with Crippen molar-refractivity contribution < 1.29 is 14.7 Å². The molecule has 0 fully saturated rings. The van der Waals surface area contributed by atoms with E-state index in [1.165, 1.54) is 19.1 Å². The zero-order valence-electron chi connectivity index (χ0n) is 13.4. The van der Waals surface area contributed by atoms with E-state index in [-0.39, 0.29) is 17.0 Å². The molecule has 0 unspecified atom stereocenters. The van der Waals surface area contributed by atoms with Crippen molar-refractivity contribution in [2.75, 3.05) is 16.0 Å². The van der Waals surface area contributed by atoms with Crippen LogP contribution in [0.25, 0.3) is 0 Å². The van der Waals surface area contributed by atoms with Crippen LogP contribution < -0.4 is 16.0 Å². The smallest absolute Gasteiger partial charge is 0.267 e. The number of phenols is 1. The maximum Gasteiger partial charge on any atom is 0.267 e. The summed E-state index contributed by atoms with van der Waals surface area (Å²) in [6.07, 6.45) is 1.13. The van der Waals surface area contributed by atoms with Gasteiger partial charge in [-0.25, -0.2) is 0 Å². The molecular formula is C18H16N4O3. The van der Waals surface area contributed by atoms with Crippen molar-refractivity contribution in [2.45, 2.75) is 6.92 Å². The summed E-state index contributed by atoms with van der Waals surface area (Å²) in [5.74, 6) is -1.28. The lowest BCUT2D eigenvalue weighted by atomic mass is 10.2. The van der Waals surface area contributed by atoms with E-state index in [0.717, 1.165) is 11.1 Å². The number of nitrogens with zero attached hydrogens (tertiary/aromatic N) is 2. The number of anilines is 3. The average Bonchev–Trinajstić information content (AvgIpc) is 2.57. The second-order valence-corrected chi connectivity index (χ2v) is 5.11. The van der Waals surface area contributed by atoms with Gasteiger partial charge in [0.2, 0.25) is 5.91 Å². The van der Waals surface area contributed by atoms with Crippen LogP contribution in [-0.2, 0) is 9.59 Å². The maximum atomic E-state index is 12.3. The molecule has 0 atom stereocenters. The third kappa shape index (κ3) is 4.36. The highest BCUT2D eigenvalue weighted by Gasteiger charge is 2.16. The van der Waals surface area contributed by atoms with Crippen molar-refractivity contribution in [1.82, 2.24) is 0 Å². The number of nitrogen functional groups attached to an aromatic ring is 1.